The summed E-state index contributed by atoms with van der Waals surface area (Å²) in [6, 6.07) is 18.2. The summed E-state index contributed by atoms with van der Waals surface area (Å²) < 4.78 is 11.9. The van der Waals surface area contributed by atoms with Crippen LogP contribution in [0.15, 0.2) is 78.9 Å². The van der Waals surface area contributed by atoms with E-state index in [1.807, 2.05) is 6.08 Å². The molecule has 390 valence electrons. The van der Waals surface area contributed by atoms with Crippen molar-refractivity contribution in [1.82, 2.24) is 0 Å². The van der Waals surface area contributed by atoms with Crippen molar-refractivity contribution in [2.45, 2.75) is 138 Å². The van der Waals surface area contributed by atoms with Crippen molar-refractivity contribution >= 4 is 65.9 Å². The SMILES string of the molecule is CC(C)CCCC(C)[C@H]1CC[C@H]2[C@@H]3CCC4C[C@@H](CCC=C(c5cc(Cl)c(OCc6cccc(B([O-])O)c6)c(C(=O)[O-])c5)c5cc(Cl)c(OCc6cccc(B([O-])O)c6)c(C(=O)[O-])c5)CC[C@]4(C)[C@H]3CC[C@]12C.[Na+].[Na+].[Na+].[Na+]. The maximum Gasteiger partial charge on any atom is 1.00 e. The van der Waals surface area contributed by atoms with E-state index in [1.54, 1.807) is 36.4 Å². The van der Waals surface area contributed by atoms with Crippen molar-refractivity contribution in [2.75, 3.05) is 0 Å². The molecule has 0 aromatic heterocycles. The van der Waals surface area contributed by atoms with Crippen LogP contribution < -0.4 is 159 Å². The number of hydrogen-bond donors (Lipinski definition) is 2. The van der Waals surface area contributed by atoms with Gasteiger partial charge in [0.25, 0.3) is 0 Å². The Morgan fingerprint density at radius 1 is 0.701 bits per heavy atom. The van der Waals surface area contributed by atoms with Gasteiger partial charge in [-0.2, -0.15) is 0 Å². The first kappa shape index (κ1) is 69.2. The van der Waals surface area contributed by atoms with Crippen LogP contribution in [-0.2, 0) is 13.2 Å². The molecule has 0 saturated heterocycles. The number of fused-ring (bicyclic) bond motifs is 5. The van der Waals surface area contributed by atoms with E-state index in [4.69, 9.17) is 32.7 Å². The van der Waals surface area contributed by atoms with Crippen molar-refractivity contribution in [1.29, 1.82) is 0 Å². The molecule has 18 heteroatoms. The zero-order valence-electron chi connectivity index (χ0n) is 47.0. The molecule has 4 aromatic rings. The Morgan fingerprint density at radius 3 is 1.73 bits per heavy atom. The van der Waals surface area contributed by atoms with E-state index in [2.05, 4.69) is 34.6 Å². The Labute approximate surface area is 556 Å². The number of carboxylic acid groups (broad SMARTS) is 2. The van der Waals surface area contributed by atoms with Gasteiger partial charge in [-0.05, 0) is 181 Å². The monoisotopic (exact) mass is 1120 g/mol. The number of carbonyl (C=O) groups excluding carboxylic acids is 2. The van der Waals surface area contributed by atoms with Gasteiger partial charge in [-0.15, -0.1) is 0 Å². The van der Waals surface area contributed by atoms with E-state index >= 15 is 0 Å². The van der Waals surface area contributed by atoms with E-state index < -0.39 is 26.2 Å². The predicted octanol–water partition coefficient (Wildman–Crippen LogP) is -4.06. The van der Waals surface area contributed by atoms with E-state index in [9.17, 15) is 39.9 Å². The number of carboxylic acids is 2. The Balaban J connectivity index is 0.00000320. The van der Waals surface area contributed by atoms with Crippen LogP contribution in [0.2, 0.25) is 10.0 Å². The van der Waals surface area contributed by atoms with Gasteiger partial charge >= 0.3 is 118 Å². The normalized spacial score (nSPS) is 24.4. The summed E-state index contributed by atoms with van der Waals surface area (Å²) in [6.07, 6.45) is 19.0. The second-order valence-corrected chi connectivity index (χ2v) is 23.9. The Morgan fingerprint density at radius 2 is 1.22 bits per heavy atom. The minimum absolute atomic E-state index is 0. The van der Waals surface area contributed by atoms with E-state index in [-0.39, 0.29) is 175 Å². The Kier molecular flexibility index (Phi) is 27.4. The molecule has 2 N–H and O–H groups in total. The second kappa shape index (κ2) is 30.5. The maximum absolute atomic E-state index is 12.8. The smallest absolute Gasteiger partial charge is 0.853 e. The first-order chi connectivity index (χ1) is 34.8. The van der Waals surface area contributed by atoms with Crippen LogP contribution in [0, 0.1) is 58.2 Å². The van der Waals surface area contributed by atoms with Crippen molar-refractivity contribution in [3.63, 3.8) is 0 Å². The second-order valence-electron chi connectivity index (χ2n) is 23.0. The molecule has 0 spiro atoms. The van der Waals surface area contributed by atoms with E-state index in [0.29, 0.717) is 56.9 Å². The van der Waals surface area contributed by atoms with Crippen molar-refractivity contribution < 1.29 is 168 Å². The van der Waals surface area contributed by atoms with Gasteiger partial charge in [0.2, 0.25) is 14.2 Å². The number of rotatable bonds is 20. The average Bonchev–Trinajstić information content (AvgIpc) is 3.71. The maximum atomic E-state index is 12.8. The average molecular weight is 1120 g/mol. The predicted molar refractivity (Wildman–Crippen MR) is 281 cm³/mol. The zero-order chi connectivity index (χ0) is 52.4. The van der Waals surface area contributed by atoms with Crippen LogP contribution in [0.3, 0.4) is 0 Å². The van der Waals surface area contributed by atoms with Gasteiger partial charge in [-0.3, -0.25) is 0 Å². The molecule has 77 heavy (non-hydrogen) atoms. The molecule has 0 bridgehead atoms. The van der Waals surface area contributed by atoms with Crippen LogP contribution in [0.25, 0.3) is 5.57 Å². The summed E-state index contributed by atoms with van der Waals surface area (Å²) in [5, 5.41) is 68.2. The summed E-state index contributed by atoms with van der Waals surface area (Å²) in [7, 11) is -3.92. The van der Waals surface area contributed by atoms with Crippen LogP contribution >= 0.6 is 23.2 Å². The molecule has 2 unspecified atom stereocenters. The van der Waals surface area contributed by atoms with E-state index in [1.165, 1.54) is 101 Å². The molecular formula is C59H70B2Cl2Na4O10. The number of allylic oxidation sites excluding steroid dienone is 1. The molecule has 10 nitrogen and oxygen atoms in total. The third kappa shape index (κ3) is 16.1. The van der Waals surface area contributed by atoms with Crippen molar-refractivity contribution in [3.8, 4) is 11.5 Å². The topological polar surface area (TPSA) is 185 Å². The van der Waals surface area contributed by atoms with E-state index in [0.717, 1.165) is 54.8 Å². The standard InChI is InChI=1S/C59H72B2Cl2O10.4Na/c1-35(2)10-6-11-36(3)49-20-21-50-46-19-18-42-26-37(22-24-58(42,4)51(46)23-25-59(49,50)5)12-9-17-45(40-29-47(56(64)65)54(52(62)31-40)72-33-38-13-7-15-43(27-38)60(68)69)41-30-48(57(66)67)55(53(63)32-41)73-34-39-14-8-16-44(28-39)61(70)71;;;;/h7-8,13-17,27-32,35-37,42,46,49-51,68,70H,6,9-12,18-26,33-34H2,1-5H3,(H,64,65)(H,66,67);;;;/q-2;4*+1/p-2/t36?,37-,42?,46-,49+,50-,51-,58-,59+;;;;/m0..../s1. The van der Waals surface area contributed by atoms with Gasteiger partial charge in [0.05, 0.1) is 22.0 Å². The van der Waals surface area contributed by atoms with Crippen molar-refractivity contribution in [2.24, 2.45) is 58.2 Å². The molecule has 8 rings (SSSR count). The molecule has 4 aromatic carbocycles. The fourth-order valence-electron chi connectivity index (χ4n) is 14.6. The number of carbonyl (C=O) groups is 2. The fraction of sp³-hybridized carbons (Fsp3) is 0.525. The minimum atomic E-state index is -1.96. The van der Waals surface area contributed by atoms with Gasteiger partial charge in [-0.1, -0.05) is 143 Å². The van der Waals surface area contributed by atoms with Crippen LogP contribution in [0.5, 0.6) is 11.5 Å². The number of halogens is 2. The fourth-order valence-corrected chi connectivity index (χ4v) is 15.1. The largest absolute Gasteiger partial charge is 1.00 e. The molecule has 4 saturated carbocycles. The molecule has 4 fully saturated rings. The van der Waals surface area contributed by atoms with Gasteiger partial charge in [-0.25, -0.2) is 0 Å². The van der Waals surface area contributed by atoms with Gasteiger partial charge in [0.15, 0.2) is 0 Å². The summed E-state index contributed by atoms with van der Waals surface area (Å²) in [4.78, 5) is 25.7. The molecule has 4 aliphatic rings. The third-order valence-electron chi connectivity index (χ3n) is 18.3. The summed E-state index contributed by atoms with van der Waals surface area (Å²) in [5.74, 6) is 2.48. The minimum Gasteiger partial charge on any atom is -0.853 e. The number of hydrogen-bond acceptors (Lipinski definition) is 10. The van der Waals surface area contributed by atoms with Gasteiger partial charge < -0.3 is 49.4 Å². The first-order valence-electron chi connectivity index (χ1n) is 26.7. The summed E-state index contributed by atoms with van der Waals surface area (Å²) in [5.41, 5.74) is 2.52. The molecule has 9 atom stereocenters. The first-order valence-corrected chi connectivity index (χ1v) is 27.4. The zero-order valence-corrected chi connectivity index (χ0v) is 56.5. The molecule has 4 aliphatic carbocycles. The van der Waals surface area contributed by atoms with Gasteiger partial charge in [0, 0.05) is 11.1 Å². The molecule has 0 aliphatic heterocycles. The van der Waals surface area contributed by atoms with Crippen LogP contribution in [0.4, 0.5) is 0 Å². The summed E-state index contributed by atoms with van der Waals surface area (Å²) in [6.45, 7) is 12.2. The Bertz CT molecular complexity index is 2550. The number of ether oxygens (including phenoxy) is 2. The number of aromatic carboxylic acids is 2. The third-order valence-corrected chi connectivity index (χ3v) is 18.8. The molecule has 0 heterocycles. The van der Waals surface area contributed by atoms with Crippen molar-refractivity contribution in [3.05, 3.63) is 122 Å². The quantitative estimate of drug-likeness (QED) is 0.0827. The van der Waals surface area contributed by atoms with Crippen LogP contribution in [0.1, 0.15) is 167 Å². The van der Waals surface area contributed by atoms with Crippen LogP contribution in [-0.4, -0.2) is 36.2 Å². The molecule has 0 radical (unpaired) electrons. The van der Waals surface area contributed by atoms with Gasteiger partial charge in [0.1, 0.15) is 24.7 Å². The molecule has 0 amide bonds. The summed E-state index contributed by atoms with van der Waals surface area (Å²) >= 11 is 13.8. The Hall–Kier alpha value is -0.290. The molecular weight excluding hydrogens is 1050 g/mol. The number of benzene rings is 4.